The van der Waals surface area contributed by atoms with Gasteiger partial charge in [0, 0.05) is 15.5 Å². The van der Waals surface area contributed by atoms with Gasteiger partial charge in [0.05, 0.1) is 11.3 Å². The Morgan fingerprint density at radius 3 is 2.50 bits per heavy atom. The first-order valence-electron chi connectivity index (χ1n) is 7.64. The summed E-state index contributed by atoms with van der Waals surface area (Å²) in [5.41, 5.74) is 3.56. The van der Waals surface area contributed by atoms with Gasteiger partial charge in [0.2, 0.25) is 0 Å². The molecular weight excluding hydrogens is 336 g/mol. The van der Waals surface area contributed by atoms with Crippen LogP contribution in [0.25, 0.3) is 22.9 Å². The van der Waals surface area contributed by atoms with Crippen LogP contribution >= 0.6 is 22.9 Å². The van der Waals surface area contributed by atoms with E-state index < -0.39 is 0 Å². The summed E-state index contributed by atoms with van der Waals surface area (Å²) in [5, 5.41) is 11.0. The molecule has 24 heavy (non-hydrogen) atoms. The van der Waals surface area contributed by atoms with E-state index in [-0.39, 0.29) is 0 Å². The average molecular weight is 351 g/mol. The topological polar surface area (TPSA) is 36.7 Å². The zero-order chi connectivity index (χ0) is 16.9. The highest BCUT2D eigenvalue weighted by molar-refractivity contribution is 7.13. The molecule has 0 N–H and O–H groups in total. The molecule has 0 aliphatic rings. The number of nitriles is 1. The lowest BCUT2D eigenvalue weighted by atomic mass is 10.1. The zero-order valence-corrected chi connectivity index (χ0v) is 14.7. The Morgan fingerprint density at radius 2 is 1.88 bits per heavy atom. The van der Waals surface area contributed by atoms with Crippen LogP contribution in [0.4, 0.5) is 0 Å². The molecule has 2 aromatic carbocycles. The smallest absolute Gasteiger partial charge is 0.134 e. The summed E-state index contributed by atoms with van der Waals surface area (Å²) in [4.78, 5) is 5.93. The third-order valence-corrected chi connectivity index (χ3v) is 5.08. The minimum Gasteiger partial charge on any atom is -0.235 e. The number of nitrogens with zero attached hydrogens (tertiary/aromatic N) is 2. The molecule has 0 amide bonds. The molecule has 3 rings (SSSR count). The van der Waals surface area contributed by atoms with Crippen molar-refractivity contribution in [2.45, 2.75) is 13.3 Å². The normalized spacial score (nSPS) is 11.3. The maximum absolute atomic E-state index is 9.56. The summed E-state index contributed by atoms with van der Waals surface area (Å²) in [6, 6.07) is 19.8. The van der Waals surface area contributed by atoms with E-state index in [1.807, 2.05) is 60.7 Å². The lowest BCUT2D eigenvalue weighted by Gasteiger charge is -1.98. The molecule has 4 heteroatoms. The fourth-order valence-corrected chi connectivity index (χ4v) is 3.51. The van der Waals surface area contributed by atoms with Gasteiger partial charge in [-0.2, -0.15) is 5.26 Å². The number of thiazole rings is 1. The first-order chi connectivity index (χ1) is 11.7. The molecule has 1 aromatic heterocycles. The summed E-state index contributed by atoms with van der Waals surface area (Å²) in [6.07, 6.45) is 2.74. The van der Waals surface area contributed by atoms with E-state index >= 15 is 0 Å². The van der Waals surface area contributed by atoms with Crippen molar-refractivity contribution in [3.63, 3.8) is 0 Å². The van der Waals surface area contributed by atoms with E-state index in [2.05, 4.69) is 13.0 Å². The van der Waals surface area contributed by atoms with Gasteiger partial charge in [0.1, 0.15) is 11.1 Å². The van der Waals surface area contributed by atoms with Crippen LogP contribution in [-0.4, -0.2) is 4.98 Å². The van der Waals surface area contributed by atoms with Gasteiger partial charge in [-0.25, -0.2) is 4.98 Å². The molecule has 2 nitrogen and oxygen atoms in total. The number of aryl methyl sites for hydroxylation is 1. The first-order valence-corrected chi connectivity index (χ1v) is 8.83. The summed E-state index contributed by atoms with van der Waals surface area (Å²) >= 11 is 7.50. The quantitative estimate of drug-likeness (QED) is 0.534. The Labute approximate surface area is 150 Å². The lowest BCUT2D eigenvalue weighted by molar-refractivity contribution is 1.17. The van der Waals surface area contributed by atoms with Crippen LogP contribution in [-0.2, 0) is 6.42 Å². The number of hydrogen-bond donors (Lipinski definition) is 0. The molecule has 0 aliphatic heterocycles. The molecule has 0 radical (unpaired) electrons. The molecule has 0 saturated heterocycles. The Morgan fingerprint density at radius 1 is 1.17 bits per heavy atom. The Balaban J connectivity index is 2.03. The highest BCUT2D eigenvalue weighted by Crippen LogP contribution is 2.32. The van der Waals surface area contributed by atoms with Crippen molar-refractivity contribution in [3.05, 3.63) is 75.1 Å². The highest BCUT2D eigenvalue weighted by atomic mass is 35.5. The molecule has 3 aromatic rings. The molecule has 0 bridgehead atoms. The predicted octanol–water partition coefficient (Wildman–Crippen LogP) is 6.09. The van der Waals surface area contributed by atoms with Crippen molar-refractivity contribution in [1.82, 2.24) is 4.98 Å². The third kappa shape index (κ3) is 3.56. The molecular formula is C20H15ClN2S. The maximum Gasteiger partial charge on any atom is 0.134 e. The van der Waals surface area contributed by atoms with Gasteiger partial charge >= 0.3 is 0 Å². The summed E-state index contributed by atoms with van der Waals surface area (Å²) in [6.45, 7) is 2.11. The number of benzene rings is 2. The van der Waals surface area contributed by atoms with Crippen LogP contribution in [0.3, 0.4) is 0 Å². The average Bonchev–Trinajstić information content (AvgIpc) is 3.06. The van der Waals surface area contributed by atoms with Crippen LogP contribution < -0.4 is 0 Å². The Bertz CT molecular complexity index is 903. The van der Waals surface area contributed by atoms with Crippen LogP contribution in [0, 0.1) is 11.3 Å². The number of aromatic nitrogens is 1. The first kappa shape index (κ1) is 16.4. The van der Waals surface area contributed by atoms with E-state index in [4.69, 9.17) is 16.6 Å². The minimum absolute atomic E-state index is 0.569. The fraction of sp³-hybridized carbons (Fsp3) is 0.100. The van der Waals surface area contributed by atoms with Gasteiger partial charge in [-0.3, -0.25) is 0 Å². The van der Waals surface area contributed by atoms with E-state index in [1.165, 1.54) is 4.88 Å². The third-order valence-electron chi connectivity index (χ3n) is 3.60. The van der Waals surface area contributed by atoms with E-state index in [9.17, 15) is 5.26 Å². The maximum atomic E-state index is 9.56. The van der Waals surface area contributed by atoms with Crippen LogP contribution in [0.5, 0.6) is 0 Å². The summed E-state index contributed by atoms with van der Waals surface area (Å²) in [5.74, 6) is 0. The molecule has 0 fully saturated rings. The Kier molecular flexibility index (Phi) is 5.10. The van der Waals surface area contributed by atoms with Crippen molar-refractivity contribution < 1.29 is 0 Å². The van der Waals surface area contributed by atoms with Crippen LogP contribution in [0.1, 0.15) is 22.4 Å². The molecule has 0 unspecified atom stereocenters. The van der Waals surface area contributed by atoms with E-state index in [0.717, 1.165) is 28.2 Å². The van der Waals surface area contributed by atoms with Crippen molar-refractivity contribution in [2.24, 2.45) is 0 Å². The second kappa shape index (κ2) is 7.44. The second-order valence-electron chi connectivity index (χ2n) is 5.23. The van der Waals surface area contributed by atoms with E-state index in [1.54, 1.807) is 11.3 Å². The summed E-state index contributed by atoms with van der Waals surface area (Å²) < 4.78 is 0. The number of allylic oxidation sites excluding steroid dienone is 1. The molecule has 0 spiro atoms. The monoisotopic (exact) mass is 350 g/mol. The second-order valence-corrected chi connectivity index (χ2v) is 6.75. The van der Waals surface area contributed by atoms with Gasteiger partial charge in [0.25, 0.3) is 0 Å². The van der Waals surface area contributed by atoms with Crippen LogP contribution in [0.2, 0.25) is 5.02 Å². The molecule has 118 valence electrons. The number of rotatable bonds is 4. The molecule has 0 atom stereocenters. The standard InChI is InChI=1S/C20H15ClN2S/c1-2-18-19(15-6-4-3-5-7-15)23-20(24-18)16(13-22)12-14-8-10-17(21)11-9-14/h3-12H,2H2,1H3/b16-12+. The molecule has 0 aliphatic carbocycles. The van der Waals surface area contributed by atoms with Crippen LogP contribution in [0.15, 0.2) is 54.6 Å². The van der Waals surface area contributed by atoms with Gasteiger partial charge < -0.3 is 0 Å². The van der Waals surface area contributed by atoms with Crippen molar-refractivity contribution in [1.29, 1.82) is 5.26 Å². The van der Waals surface area contributed by atoms with E-state index in [0.29, 0.717) is 10.6 Å². The highest BCUT2D eigenvalue weighted by Gasteiger charge is 2.14. The molecule has 0 saturated carbocycles. The number of hydrogen-bond acceptors (Lipinski definition) is 3. The van der Waals surface area contributed by atoms with Gasteiger partial charge in [0.15, 0.2) is 0 Å². The SMILES string of the molecule is CCc1sc(/C(C#N)=C/c2ccc(Cl)cc2)nc1-c1ccccc1. The van der Waals surface area contributed by atoms with Gasteiger partial charge in [-0.15, -0.1) is 11.3 Å². The van der Waals surface area contributed by atoms with Crippen molar-refractivity contribution in [3.8, 4) is 17.3 Å². The Hall–Kier alpha value is -2.41. The fourth-order valence-electron chi connectivity index (χ4n) is 2.40. The molecule has 1 heterocycles. The van der Waals surface area contributed by atoms with Gasteiger partial charge in [-0.1, -0.05) is 61.0 Å². The predicted molar refractivity (Wildman–Crippen MR) is 102 cm³/mol. The van der Waals surface area contributed by atoms with Gasteiger partial charge in [-0.05, 0) is 30.2 Å². The van der Waals surface area contributed by atoms with Crippen molar-refractivity contribution >= 4 is 34.6 Å². The number of halogens is 1. The zero-order valence-electron chi connectivity index (χ0n) is 13.2. The summed E-state index contributed by atoms with van der Waals surface area (Å²) in [7, 11) is 0. The largest absolute Gasteiger partial charge is 0.235 e. The lowest BCUT2D eigenvalue weighted by Crippen LogP contribution is -1.84. The van der Waals surface area contributed by atoms with Crippen molar-refractivity contribution in [2.75, 3.05) is 0 Å². The minimum atomic E-state index is 0.569.